The fraction of sp³-hybridized carbons (Fsp3) is 0.714. The number of aliphatic hydroxyl groups excluding tert-OH is 1. The van der Waals surface area contributed by atoms with Gasteiger partial charge < -0.3 is 14.9 Å². The highest BCUT2D eigenvalue weighted by Gasteiger charge is 2.48. The first-order chi connectivity index (χ1) is 7.95. The first-order valence-corrected chi connectivity index (χ1v) is 6.31. The molecule has 0 spiro atoms. The van der Waals surface area contributed by atoms with Crippen LogP contribution in [0, 0.1) is 5.92 Å². The van der Waals surface area contributed by atoms with Crippen molar-refractivity contribution in [3.8, 4) is 0 Å². The molecular formula is C14H22O3. The molecule has 0 bridgehead atoms. The van der Waals surface area contributed by atoms with Gasteiger partial charge >= 0.3 is 0 Å². The van der Waals surface area contributed by atoms with Gasteiger partial charge in [0.2, 0.25) is 0 Å². The number of hydrogen-bond donors (Lipinski definition) is 2. The number of hydrogen-bond acceptors (Lipinski definition) is 3. The summed E-state index contributed by atoms with van der Waals surface area (Å²) in [4.78, 5) is 0. The number of ether oxygens (including phenoxy) is 1. The lowest BCUT2D eigenvalue weighted by Crippen LogP contribution is -2.56. The quantitative estimate of drug-likeness (QED) is 0.685. The number of aliphatic hydroxyl groups is 2. The van der Waals surface area contributed by atoms with E-state index in [9.17, 15) is 10.2 Å². The Morgan fingerprint density at radius 1 is 1.53 bits per heavy atom. The van der Waals surface area contributed by atoms with Crippen LogP contribution in [0.1, 0.15) is 33.6 Å². The molecule has 0 aromatic carbocycles. The zero-order chi connectivity index (χ0) is 12.6. The zero-order valence-electron chi connectivity index (χ0n) is 10.8. The molecule has 1 aliphatic carbocycles. The Labute approximate surface area is 103 Å². The van der Waals surface area contributed by atoms with E-state index in [2.05, 4.69) is 0 Å². The average molecular weight is 238 g/mol. The second-order valence-corrected chi connectivity index (χ2v) is 5.46. The Bertz CT molecular complexity index is 343. The summed E-state index contributed by atoms with van der Waals surface area (Å²) in [6.45, 7) is 5.70. The van der Waals surface area contributed by atoms with E-state index >= 15 is 0 Å². The minimum absolute atomic E-state index is 0.0114. The molecule has 0 saturated carbocycles. The normalized spacial score (nSPS) is 46.8. The second-order valence-electron chi connectivity index (χ2n) is 5.46. The molecule has 1 heterocycles. The molecule has 1 saturated heterocycles. The number of rotatable bonds is 1. The van der Waals surface area contributed by atoms with Gasteiger partial charge in [-0.05, 0) is 32.8 Å². The highest BCUT2D eigenvalue weighted by atomic mass is 16.5. The van der Waals surface area contributed by atoms with E-state index in [-0.39, 0.29) is 18.1 Å². The molecule has 0 amide bonds. The minimum atomic E-state index is -0.773. The van der Waals surface area contributed by atoms with E-state index in [0.717, 1.165) is 12.0 Å². The van der Waals surface area contributed by atoms with Crippen LogP contribution in [0.15, 0.2) is 23.8 Å². The minimum Gasteiger partial charge on any atom is -0.390 e. The predicted molar refractivity (Wildman–Crippen MR) is 66.6 cm³/mol. The van der Waals surface area contributed by atoms with E-state index in [1.807, 2.05) is 39.0 Å². The van der Waals surface area contributed by atoms with Gasteiger partial charge in [-0.2, -0.15) is 0 Å². The van der Waals surface area contributed by atoms with Crippen molar-refractivity contribution in [3.05, 3.63) is 23.8 Å². The molecule has 5 unspecified atom stereocenters. The Balaban J connectivity index is 2.25. The van der Waals surface area contributed by atoms with Crippen LogP contribution in [0.5, 0.6) is 0 Å². The molecule has 3 heteroatoms. The second kappa shape index (κ2) is 4.56. The van der Waals surface area contributed by atoms with E-state index in [0.29, 0.717) is 6.42 Å². The molecule has 2 rings (SSSR count). The zero-order valence-corrected chi connectivity index (χ0v) is 10.8. The first kappa shape index (κ1) is 12.8. The van der Waals surface area contributed by atoms with Crippen molar-refractivity contribution >= 4 is 0 Å². The van der Waals surface area contributed by atoms with Crippen molar-refractivity contribution in [3.63, 3.8) is 0 Å². The maximum absolute atomic E-state index is 10.5. The fourth-order valence-corrected chi connectivity index (χ4v) is 2.96. The molecule has 0 aromatic rings. The molecule has 17 heavy (non-hydrogen) atoms. The third kappa shape index (κ3) is 2.32. The van der Waals surface area contributed by atoms with E-state index in [1.54, 1.807) is 0 Å². The summed E-state index contributed by atoms with van der Waals surface area (Å²) in [6.07, 6.45) is 6.29. The number of allylic oxidation sites excluding steroid dienone is 2. The maximum Gasteiger partial charge on any atom is 0.101 e. The largest absolute Gasteiger partial charge is 0.390 e. The third-order valence-electron chi connectivity index (χ3n) is 4.02. The predicted octanol–water partition coefficient (Wildman–Crippen LogP) is 1.80. The van der Waals surface area contributed by atoms with Gasteiger partial charge in [0.15, 0.2) is 0 Å². The average Bonchev–Trinajstić information content (AvgIpc) is 2.23. The van der Waals surface area contributed by atoms with Crippen LogP contribution in [-0.2, 0) is 4.74 Å². The third-order valence-corrected chi connectivity index (χ3v) is 4.02. The standard InChI is InChI=1S/C14H22O3/c1-4-5-10-8-14(3,16)11-7-6-9(2)12(15)13(11)17-10/h4-6,10-13,15-16H,7-8H2,1-3H3. The summed E-state index contributed by atoms with van der Waals surface area (Å²) in [5.41, 5.74) is 0.175. The monoisotopic (exact) mass is 238 g/mol. The van der Waals surface area contributed by atoms with Crippen LogP contribution >= 0.6 is 0 Å². The van der Waals surface area contributed by atoms with Crippen molar-refractivity contribution in [1.82, 2.24) is 0 Å². The van der Waals surface area contributed by atoms with Crippen molar-refractivity contribution < 1.29 is 14.9 Å². The van der Waals surface area contributed by atoms with Gasteiger partial charge in [-0.25, -0.2) is 0 Å². The van der Waals surface area contributed by atoms with Crippen LogP contribution in [-0.4, -0.2) is 34.1 Å². The lowest BCUT2D eigenvalue weighted by molar-refractivity contribution is -0.192. The van der Waals surface area contributed by atoms with Crippen molar-refractivity contribution in [1.29, 1.82) is 0 Å². The summed E-state index contributed by atoms with van der Waals surface area (Å²) in [5.74, 6) is -0.0114. The van der Waals surface area contributed by atoms with E-state index < -0.39 is 11.7 Å². The Kier molecular flexibility index (Phi) is 3.43. The van der Waals surface area contributed by atoms with Crippen molar-refractivity contribution in [2.45, 2.75) is 57.5 Å². The summed E-state index contributed by atoms with van der Waals surface area (Å²) in [7, 11) is 0. The smallest absolute Gasteiger partial charge is 0.101 e. The molecule has 0 radical (unpaired) electrons. The Morgan fingerprint density at radius 2 is 2.24 bits per heavy atom. The van der Waals surface area contributed by atoms with Gasteiger partial charge in [-0.3, -0.25) is 0 Å². The van der Waals surface area contributed by atoms with Gasteiger partial charge in [0.05, 0.1) is 17.8 Å². The molecule has 5 atom stereocenters. The van der Waals surface area contributed by atoms with Gasteiger partial charge in [0.25, 0.3) is 0 Å². The molecule has 2 N–H and O–H groups in total. The highest BCUT2D eigenvalue weighted by molar-refractivity contribution is 5.17. The summed E-state index contributed by atoms with van der Waals surface area (Å²) < 4.78 is 5.91. The summed E-state index contributed by atoms with van der Waals surface area (Å²) >= 11 is 0. The summed E-state index contributed by atoms with van der Waals surface area (Å²) in [5, 5.41) is 20.7. The van der Waals surface area contributed by atoms with Crippen LogP contribution in [0.25, 0.3) is 0 Å². The van der Waals surface area contributed by atoms with Gasteiger partial charge in [-0.15, -0.1) is 0 Å². The first-order valence-electron chi connectivity index (χ1n) is 6.31. The lowest BCUT2D eigenvalue weighted by Gasteiger charge is -2.48. The van der Waals surface area contributed by atoms with Gasteiger partial charge in [0.1, 0.15) is 6.10 Å². The SMILES string of the molecule is CC=CC1CC(C)(O)C2CC=C(C)C(O)C2O1. The summed E-state index contributed by atoms with van der Waals surface area (Å²) in [6, 6.07) is 0. The fourth-order valence-electron chi connectivity index (χ4n) is 2.96. The van der Waals surface area contributed by atoms with Crippen molar-refractivity contribution in [2.24, 2.45) is 5.92 Å². The molecule has 0 aromatic heterocycles. The van der Waals surface area contributed by atoms with E-state index in [1.165, 1.54) is 0 Å². The molecule has 1 aliphatic heterocycles. The molecule has 2 aliphatic rings. The van der Waals surface area contributed by atoms with Gasteiger partial charge in [-0.1, -0.05) is 18.2 Å². The lowest BCUT2D eigenvalue weighted by atomic mass is 9.71. The van der Waals surface area contributed by atoms with E-state index in [4.69, 9.17) is 4.74 Å². The molecule has 3 nitrogen and oxygen atoms in total. The number of fused-ring (bicyclic) bond motifs is 1. The van der Waals surface area contributed by atoms with Gasteiger partial charge in [0, 0.05) is 12.3 Å². The Morgan fingerprint density at radius 3 is 2.88 bits per heavy atom. The van der Waals surface area contributed by atoms with Crippen LogP contribution in [0.4, 0.5) is 0 Å². The maximum atomic E-state index is 10.5. The topological polar surface area (TPSA) is 49.7 Å². The van der Waals surface area contributed by atoms with Crippen LogP contribution in [0.2, 0.25) is 0 Å². The highest BCUT2D eigenvalue weighted by Crippen LogP contribution is 2.41. The molecule has 96 valence electrons. The van der Waals surface area contributed by atoms with Crippen LogP contribution in [0.3, 0.4) is 0 Å². The van der Waals surface area contributed by atoms with Crippen molar-refractivity contribution in [2.75, 3.05) is 0 Å². The molecule has 1 fully saturated rings. The van der Waals surface area contributed by atoms with Crippen LogP contribution < -0.4 is 0 Å². The Hall–Kier alpha value is -0.640. The molecular weight excluding hydrogens is 216 g/mol.